The zero-order chi connectivity index (χ0) is 18.1. The summed E-state index contributed by atoms with van der Waals surface area (Å²) in [6.07, 6.45) is -0.577. The largest absolute Gasteiger partial charge is 0.457 e. The average Bonchev–Trinajstić information content (AvgIpc) is 2.25. The lowest BCUT2D eigenvalue weighted by atomic mass is 10.0. The van der Waals surface area contributed by atoms with Gasteiger partial charge in [0.25, 0.3) is 0 Å². The van der Waals surface area contributed by atoms with Gasteiger partial charge in [-0.1, -0.05) is 0 Å². The minimum atomic E-state index is -1.80. The van der Waals surface area contributed by atoms with Gasteiger partial charge in [0.05, 0.1) is 19.1 Å². The molecule has 3 atom stereocenters. The van der Waals surface area contributed by atoms with Gasteiger partial charge in [0.1, 0.15) is 6.10 Å². The summed E-state index contributed by atoms with van der Waals surface area (Å²) in [5, 5.41) is 0. The molecule has 1 aliphatic rings. The number of carbonyl (C=O) groups is 1. The molecule has 2 unspecified atom stereocenters. The number of hydrogen-bond acceptors (Lipinski definition) is 5. The van der Waals surface area contributed by atoms with Gasteiger partial charge in [-0.25, -0.2) is 0 Å². The monoisotopic (exact) mass is 378 g/mol. The van der Waals surface area contributed by atoms with Gasteiger partial charge in [-0.2, -0.15) is 0 Å². The Morgan fingerprint density at radius 3 is 1.87 bits per heavy atom. The molecule has 0 bridgehead atoms. The minimum absolute atomic E-state index is 0.215. The van der Waals surface area contributed by atoms with E-state index in [0.717, 1.165) is 0 Å². The van der Waals surface area contributed by atoms with Crippen molar-refractivity contribution in [2.75, 3.05) is 6.61 Å². The number of esters is 1. The van der Waals surface area contributed by atoms with Crippen molar-refractivity contribution in [3.63, 3.8) is 0 Å². The van der Waals surface area contributed by atoms with Gasteiger partial charge >= 0.3 is 5.97 Å². The van der Waals surface area contributed by atoms with E-state index in [1.807, 2.05) is 0 Å². The molecule has 0 spiro atoms. The summed E-state index contributed by atoms with van der Waals surface area (Å²) < 4.78 is 24.2. The van der Waals surface area contributed by atoms with Gasteiger partial charge in [-0.15, -0.1) is 0 Å². The number of cyclic esters (lactones) is 1. The van der Waals surface area contributed by atoms with Crippen LogP contribution in [-0.4, -0.2) is 55.8 Å². The normalized spacial score (nSPS) is 27.0. The molecule has 0 saturated carbocycles. The first-order chi connectivity index (χ1) is 10.2. The second-order valence-corrected chi connectivity index (χ2v) is 22.6. The Labute approximate surface area is 144 Å². The smallest absolute Gasteiger partial charge is 0.308 e. The Balaban J connectivity index is 2.95. The predicted molar refractivity (Wildman–Crippen MR) is 100 cm³/mol. The summed E-state index contributed by atoms with van der Waals surface area (Å²) in [6.45, 7) is 19.6. The molecule has 5 nitrogen and oxygen atoms in total. The molecule has 1 aliphatic heterocycles. The van der Waals surface area contributed by atoms with E-state index in [0.29, 0.717) is 6.61 Å². The molecule has 1 fully saturated rings. The van der Waals surface area contributed by atoms with Crippen LogP contribution in [0.2, 0.25) is 58.9 Å². The van der Waals surface area contributed by atoms with Crippen molar-refractivity contribution < 1.29 is 22.8 Å². The number of hydrogen-bond donors (Lipinski definition) is 0. The van der Waals surface area contributed by atoms with Gasteiger partial charge in [0, 0.05) is 0 Å². The Morgan fingerprint density at radius 1 is 0.913 bits per heavy atom. The highest BCUT2D eigenvalue weighted by Crippen LogP contribution is 2.28. The van der Waals surface area contributed by atoms with Crippen molar-refractivity contribution in [1.82, 2.24) is 0 Å². The fourth-order valence-electron chi connectivity index (χ4n) is 2.39. The van der Waals surface area contributed by atoms with Crippen LogP contribution in [0.15, 0.2) is 0 Å². The standard InChI is InChI=1S/C15H34O5Si3/c1-21(2,3)17-11-13-15(20-23(7,8)9)12(10-14(16)18-13)19-22(4,5)6/h12-13,15H,10-11H2,1-9H3/t12?,13-,15?/m1/s1. The van der Waals surface area contributed by atoms with Gasteiger partial charge in [-0.05, 0) is 58.9 Å². The fraction of sp³-hybridized carbons (Fsp3) is 0.933. The maximum Gasteiger partial charge on any atom is 0.308 e. The lowest BCUT2D eigenvalue weighted by Gasteiger charge is -2.42. The second kappa shape index (κ2) is 7.49. The zero-order valence-electron chi connectivity index (χ0n) is 16.2. The topological polar surface area (TPSA) is 54.0 Å². The highest BCUT2D eigenvalue weighted by molar-refractivity contribution is 6.70. The third kappa shape index (κ3) is 8.59. The van der Waals surface area contributed by atoms with Gasteiger partial charge in [0.2, 0.25) is 0 Å². The molecule has 136 valence electrons. The Morgan fingerprint density at radius 2 is 1.43 bits per heavy atom. The highest BCUT2D eigenvalue weighted by Gasteiger charge is 2.44. The highest BCUT2D eigenvalue weighted by atomic mass is 28.4. The van der Waals surface area contributed by atoms with E-state index >= 15 is 0 Å². The van der Waals surface area contributed by atoms with E-state index < -0.39 is 25.0 Å². The molecule has 0 radical (unpaired) electrons. The molecule has 0 aliphatic carbocycles. The van der Waals surface area contributed by atoms with E-state index in [1.54, 1.807) is 0 Å². The molecule has 23 heavy (non-hydrogen) atoms. The Bertz CT molecular complexity index is 409. The molecule has 0 N–H and O–H groups in total. The summed E-state index contributed by atoms with van der Waals surface area (Å²) in [6, 6.07) is 0. The second-order valence-electron chi connectivity index (χ2n) is 9.12. The number of carbonyl (C=O) groups excluding carboxylic acids is 1. The third-order valence-corrected chi connectivity index (χ3v) is 6.08. The molecule has 0 aromatic heterocycles. The summed E-state index contributed by atoms with van der Waals surface area (Å²) in [5.41, 5.74) is 0. The molecular weight excluding hydrogens is 344 g/mol. The van der Waals surface area contributed by atoms with Crippen LogP contribution >= 0.6 is 0 Å². The maximum absolute atomic E-state index is 12.0. The van der Waals surface area contributed by atoms with Gasteiger partial charge in [0.15, 0.2) is 31.1 Å². The summed E-state index contributed by atoms with van der Waals surface area (Å²) in [5.74, 6) is -0.215. The molecule has 1 saturated heterocycles. The first kappa shape index (κ1) is 21.0. The summed E-state index contributed by atoms with van der Waals surface area (Å²) in [4.78, 5) is 12.0. The summed E-state index contributed by atoms with van der Waals surface area (Å²) in [7, 11) is -5.27. The minimum Gasteiger partial charge on any atom is -0.457 e. The Hall–Kier alpha value is 0.000649. The van der Waals surface area contributed by atoms with Crippen molar-refractivity contribution in [2.24, 2.45) is 0 Å². The van der Waals surface area contributed by atoms with Crippen LogP contribution in [0.25, 0.3) is 0 Å². The van der Waals surface area contributed by atoms with Crippen LogP contribution in [0.1, 0.15) is 6.42 Å². The van der Waals surface area contributed by atoms with E-state index in [9.17, 15) is 4.79 Å². The van der Waals surface area contributed by atoms with Crippen molar-refractivity contribution in [1.29, 1.82) is 0 Å². The first-order valence-corrected chi connectivity index (χ1v) is 18.6. The number of ether oxygens (including phenoxy) is 1. The first-order valence-electron chi connectivity index (χ1n) is 8.35. The van der Waals surface area contributed by atoms with E-state index in [4.69, 9.17) is 18.0 Å². The molecule has 0 amide bonds. The van der Waals surface area contributed by atoms with Gasteiger partial charge < -0.3 is 18.0 Å². The molecular formula is C15H34O5Si3. The molecule has 1 rings (SSSR count). The molecule has 0 aromatic carbocycles. The van der Waals surface area contributed by atoms with Crippen LogP contribution in [-0.2, 0) is 22.8 Å². The van der Waals surface area contributed by atoms with E-state index in [2.05, 4.69) is 58.9 Å². The lowest BCUT2D eigenvalue weighted by molar-refractivity contribution is -0.177. The van der Waals surface area contributed by atoms with Crippen LogP contribution < -0.4 is 0 Å². The van der Waals surface area contributed by atoms with Crippen molar-refractivity contribution in [3.05, 3.63) is 0 Å². The SMILES string of the molecule is C[Si](C)(C)OC[C@H]1OC(=O)CC(O[Si](C)(C)C)C1O[Si](C)(C)C. The van der Waals surface area contributed by atoms with Crippen molar-refractivity contribution in [2.45, 2.75) is 83.7 Å². The quantitative estimate of drug-likeness (QED) is 0.500. The Kier molecular flexibility index (Phi) is 6.85. The summed E-state index contributed by atoms with van der Waals surface area (Å²) >= 11 is 0. The van der Waals surface area contributed by atoms with Crippen LogP contribution in [0.4, 0.5) is 0 Å². The lowest BCUT2D eigenvalue weighted by Crippen LogP contribution is -2.57. The third-order valence-electron chi connectivity index (χ3n) is 3.06. The average molecular weight is 379 g/mol. The molecule has 1 heterocycles. The molecule has 8 heteroatoms. The van der Waals surface area contributed by atoms with Crippen molar-refractivity contribution in [3.8, 4) is 0 Å². The number of rotatable bonds is 7. The van der Waals surface area contributed by atoms with Crippen molar-refractivity contribution >= 4 is 30.9 Å². The molecule has 0 aromatic rings. The van der Waals surface area contributed by atoms with E-state index in [1.165, 1.54) is 0 Å². The predicted octanol–water partition coefficient (Wildman–Crippen LogP) is 3.59. The van der Waals surface area contributed by atoms with Crippen LogP contribution in [0.5, 0.6) is 0 Å². The fourth-order valence-corrected chi connectivity index (χ4v) is 5.30. The van der Waals surface area contributed by atoms with Crippen LogP contribution in [0.3, 0.4) is 0 Å². The van der Waals surface area contributed by atoms with E-state index in [-0.39, 0.29) is 30.7 Å². The van der Waals surface area contributed by atoms with Gasteiger partial charge in [-0.3, -0.25) is 4.79 Å². The zero-order valence-corrected chi connectivity index (χ0v) is 19.2. The maximum atomic E-state index is 12.0. The van der Waals surface area contributed by atoms with Crippen LogP contribution in [0, 0.1) is 0 Å².